The fourth-order valence-electron chi connectivity index (χ4n) is 3.57. The Labute approximate surface area is 101 Å². The molecule has 0 radical (unpaired) electrons. The Morgan fingerprint density at radius 2 is 1.56 bits per heavy atom. The molecule has 0 aromatic rings. The van der Waals surface area contributed by atoms with Gasteiger partial charge in [0.1, 0.15) is 0 Å². The molecule has 0 saturated heterocycles. The van der Waals surface area contributed by atoms with Gasteiger partial charge < -0.3 is 5.32 Å². The SMILES string of the molecule is CC1CCCC1CNCC1CCCCCC1. The van der Waals surface area contributed by atoms with Crippen molar-refractivity contribution < 1.29 is 0 Å². The summed E-state index contributed by atoms with van der Waals surface area (Å²) >= 11 is 0. The van der Waals surface area contributed by atoms with Crippen LogP contribution in [0.2, 0.25) is 0 Å². The van der Waals surface area contributed by atoms with E-state index in [9.17, 15) is 0 Å². The zero-order valence-corrected chi connectivity index (χ0v) is 11.0. The van der Waals surface area contributed by atoms with E-state index in [0.29, 0.717) is 0 Å². The minimum Gasteiger partial charge on any atom is -0.316 e. The Morgan fingerprint density at radius 3 is 2.19 bits per heavy atom. The number of nitrogens with one attached hydrogen (secondary N) is 1. The van der Waals surface area contributed by atoms with Crippen LogP contribution in [-0.2, 0) is 0 Å². The fourth-order valence-corrected chi connectivity index (χ4v) is 3.57. The Balaban J connectivity index is 1.59. The maximum atomic E-state index is 3.76. The number of hydrogen-bond donors (Lipinski definition) is 1. The molecule has 0 spiro atoms. The molecule has 2 saturated carbocycles. The van der Waals surface area contributed by atoms with Crippen LogP contribution < -0.4 is 5.32 Å². The van der Waals surface area contributed by atoms with Crippen LogP contribution in [0.25, 0.3) is 0 Å². The molecular formula is C15H29N. The van der Waals surface area contributed by atoms with E-state index in [1.807, 2.05) is 0 Å². The summed E-state index contributed by atoms with van der Waals surface area (Å²) in [5.74, 6) is 2.94. The van der Waals surface area contributed by atoms with Crippen LogP contribution in [0.3, 0.4) is 0 Å². The average Bonchev–Trinajstić information content (AvgIpc) is 2.55. The largest absolute Gasteiger partial charge is 0.316 e. The monoisotopic (exact) mass is 223 g/mol. The molecule has 2 unspecified atom stereocenters. The van der Waals surface area contributed by atoms with Gasteiger partial charge in [-0.05, 0) is 50.1 Å². The minimum atomic E-state index is 0.974. The highest BCUT2D eigenvalue weighted by Crippen LogP contribution is 2.30. The zero-order valence-electron chi connectivity index (χ0n) is 11.0. The van der Waals surface area contributed by atoms with Crippen LogP contribution in [-0.4, -0.2) is 13.1 Å². The molecule has 2 fully saturated rings. The van der Waals surface area contributed by atoms with Crippen molar-refractivity contribution in [3.63, 3.8) is 0 Å². The Morgan fingerprint density at radius 1 is 0.812 bits per heavy atom. The quantitative estimate of drug-likeness (QED) is 0.711. The lowest BCUT2D eigenvalue weighted by Crippen LogP contribution is -2.29. The molecule has 1 nitrogen and oxygen atoms in total. The van der Waals surface area contributed by atoms with Gasteiger partial charge in [0.2, 0.25) is 0 Å². The van der Waals surface area contributed by atoms with Gasteiger partial charge in [0, 0.05) is 0 Å². The van der Waals surface area contributed by atoms with E-state index in [2.05, 4.69) is 12.2 Å². The maximum absolute atomic E-state index is 3.76. The Kier molecular flexibility index (Phi) is 5.15. The van der Waals surface area contributed by atoms with E-state index in [0.717, 1.165) is 17.8 Å². The highest BCUT2D eigenvalue weighted by molar-refractivity contribution is 4.76. The van der Waals surface area contributed by atoms with Gasteiger partial charge in [-0.25, -0.2) is 0 Å². The third-order valence-electron chi connectivity index (χ3n) is 4.85. The van der Waals surface area contributed by atoms with Crippen LogP contribution in [0, 0.1) is 17.8 Å². The summed E-state index contributed by atoms with van der Waals surface area (Å²) in [5, 5.41) is 3.76. The van der Waals surface area contributed by atoms with Crippen molar-refractivity contribution in [2.45, 2.75) is 64.7 Å². The smallest absolute Gasteiger partial charge is 0.00179 e. The van der Waals surface area contributed by atoms with Gasteiger partial charge in [0.15, 0.2) is 0 Å². The molecule has 2 rings (SSSR count). The van der Waals surface area contributed by atoms with Gasteiger partial charge in [0.05, 0.1) is 0 Å². The first-order valence-corrected chi connectivity index (χ1v) is 7.57. The highest BCUT2D eigenvalue weighted by Gasteiger charge is 2.23. The van der Waals surface area contributed by atoms with E-state index in [1.165, 1.54) is 70.9 Å². The fraction of sp³-hybridized carbons (Fsp3) is 1.00. The Bertz CT molecular complexity index is 182. The molecule has 0 aromatic carbocycles. The summed E-state index contributed by atoms with van der Waals surface area (Å²) in [6, 6.07) is 0. The lowest BCUT2D eigenvalue weighted by molar-refractivity contribution is 0.358. The van der Waals surface area contributed by atoms with Gasteiger partial charge in [-0.2, -0.15) is 0 Å². The summed E-state index contributed by atoms with van der Waals surface area (Å²) in [6.07, 6.45) is 13.3. The number of hydrogen-bond acceptors (Lipinski definition) is 1. The predicted molar refractivity (Wildman–Crippen MR) is 70.6 cm³/mol. The van der Waals surface area contributed by atoms with E-state index >= 15 is 0 Å². The second-order valence-electron chi connectivity index (χ2n) is 6.18. The molecule has 0 amide bonds. The Hall–Kier alpha value is -0.0400. The van der Waals surface area contributed by atoms with Crippen molar-refractivity contribution in [3.8, 4) is 0 Å². The normalized spacial score (nSPS) is 32.8. The second kappa shape index (κ2) is 6.64. The molecule has 16 heavy (non-hydrogen) atoms. The first-order chi connectivity index (χ1) is 7.86. The number of rotatable bonds is 4. The maximum Gasteiger partial charge on any atom is -0.00179 e. The van der Waals surface area contributed by atoms with Crippen molar-refractivity contribution in [2.24, 2.45) is 17.8 Å². The van der Waals surface area contributed by atoms with Gasteiger partial charge in [0.25, 0.3) is 0 Å². The van der Waals surface area contributed by atoms with Gasteiger partial charge in [-0.3, -0.25) is 0 Å². The minimum absolute atomic E-state index is 0.974. The first-order valence-electron chi connectivity index (χ1n) is 7.57. The first kappa shape index (κ1) is 12.4. The molecular weight excluding hydrogens is 194 g/mol. The summed E-state index contributed by atoms with van der Waals surface area (Å²) in [7, 11) is 0. The van der Waals surface area contributed by atoms with E-state index in [4.69, 9.17) is 0 Å². The molecule has 94 valence electrons. The van der Waals surface area contributed by atoms with Crippen LogP contribution in [0.4, 0.5) is 0 Å². The van der Waals surface area contributed by atoms with Crippen molar-refractivity contribution in [2.75, 3.05) is 13.1 Å². The molecule has 2 atom stereocenters. The van der Waals surface area contributed by atoms with Gasteiger partial charge >= 0.3 is 0 Å². The van der Waals surface area contributed by atoms with Crippen LogP contribution in [0.1, 0.15) is 64.7 Å². The van der Waals surface area contributed by atoms with Crippen molar-refractivity contribution in [3.05, 3.63) is 0 Å². The molecule has 1 heteroatoms. The molecule has 0 heterocycles. The lowest BCUT2D eigenvalue weighted by atomic mass is 9.97. The molecule has 0 aromatic heterocycles. The highest BCUT2D eigenvalue weighted by atomic mass is 14.9. The second-order valence-corrected chi connectivity index (χ2v) is 6.18. The predicted octanol–water partition coefficient (Wildman–Crippen LogP) is 3.98. The van der Waals surface area contributed by atoms with E-state index < -0.39 is 0 Å². The summed E-state index contributed by atoms with van der Waals surface area (Å²) in [4.78, 5) is 0. The molecule has 0 aliphatic heterocycles. The lowest BCUT2D eigenvalue weighted by Gasteiger charge is -2.19. The summed E-state index contributed by atoms with van der Waals surface area (Å²) in [6.45, 7) is 5.02. The van der Waals surface area contributed by atoms with Crippen molar-refractivity contribution in [1.29, 1.82) is 0 Å². The van der Waals surface area contributed by atoms with Crippen LogP contribution in [0.15, 0.2) is 0 Å². The van der Waals surface area contributed by atoms with Crippen molar-refractivity contribution >= 4 is 0 Å². The van der Waals surface area contributed by atoms with Gasteiger partial charge in [-0.1, -0.05) is 45.4 Å². The topological polar surface area (TPSA) is 12.0 Å². The standard InChI is InChI=1S/C15H29N/c1-13-7-6-10-15(13)12-16-11-14-8-4-2-3-5-9-14/h13-16H,2-12H2,1H3. The van der Waals surface area contributed by atoms with E-state index in [1.54, 1.807) is 0 Å². The third-order valence-corrected chi connectivity index (χ3v) is 4.85. The zero-order chi connectivity index (χ0) is 11.2. The molecule has 2 aliphatic carbocycles. The summed E-state index contributed by atoms with van der Waals surface area (Å²) in [5.41, 5.74) is 0. The molecule has 2 aliphatic rings. The average molecular weight is 223 g/mol. The van der Waals surface area contributed by atoms with Crippen LogP contribution >= 0.6 is 0 Å². The van der Waals surface area contributed by atoms with Crippen molar-refractivity contribution in [1.82, 2.24) is 5.32 Å². The molecule has 0 bridgehead atoms. The van der Waals surface area contributed by atoms with Gasteiger partial charge in [-0.15, -0.1) is 0 Å². The van der Waals surface area contributed by atoms with E-state index in [-0.39, 0.29) is 0 Å². The third kappa shape index (κ3) is 3.76. The molecule has 1 N–H and O–H groups in total. The van der Waals surface area contributed by atoms with Crippen LogP contribution in [0.5, 0.6) is 0 Å². The summed E-state index contributed by atoms with van der Waals surface area (Å²) < 4.78 is 0.